The molecule has 0 spiro atoms. The molecule has 0 bridgehead atoms. The van der Waals surface area contributed by atoms with E-state index in [1.165, 1.54) is 12.1 Å². The molecule has 3 rings (SSSR count). The molecule has 0 aliphatic carbocycles. The summed E-state index contributed by atoms with van der Waals surface area (Å²) in [7, 11) is 0. The number of aryl methyl sites for hydroxylation is 3. The van der Waals surface area contributed by atoms with Gasteiger partial charge in [0.25, 0.3) is 5.56 Å². The number of aromatic nitrogens is 2. The van der Waals surface area contributed by atoms with Gasteiger partial charge in [-0.2, -0.15) is 5.26 Å². The third-order valence-corrected chi connectivity index (χ3v) is 3.81. The molecule has 1 heterocycles. The van der Waals surface area contributed by atoms with Gasteiger partial charge >= 0.3 is 0 Å². The average molecular weight is 346 g/mol. The number of nitrogens with zero attached hydrogens (tertiary/aromatic N) is 3. The number of benzene rings is 2. The van der Waals surface area contributed by atoms with Gasteiger partial charge in [-0.05, 0) is 50.1 Å². The Balaban J connectivity index is 1.91. The molecular formula is C20H18N4O2. The van der Waals surface area contributed by atoms with Crippen LogP contribution in [-0.4, -0.2) is 9.89 Å². The summed E-state index contributed by atoms with van der Waals surface area (Å²) in [5.41, 5.74) is 6.76. The van der Waals surface area contributed by atoms with E-state index in [-0.39, 0.29) is 5.56 Å². The third-order valence-electron chi connectivity index (χ3n) is 3.81. The van der Waals surface area contributed by atoms with Gasteiger partial charge in [-0.25, -0.2) is 0 Å². The first kappa shape index (κ1) is 17.2. The highest BCUT2D eigenvalue weighted by Gasteiger charge is 2.09. The van der Waals surface area contributed by atoms with Crippen LogP contribution in [0.25, 0.3) is 0 Å². The first-order valence-electron chi connectivity index (χ1n) is 8.09. The Hall–Kier alpha value is -3.59. The largest absolute Gasteiger partial charge is 0.437 e. The van der Waals surface area contributed by atoms with Crippen molar-refractivity contribution in [2.24, 2.45) is 0 Å². The van der Waals surface area contributed by atoms with Crippen molar-refractivity contribution in [2.75, 3.05) is 5.43 Å². The van der Waals surface area contributed by atoms with Gasteiger partial charge in [0.15, 0.2) is 0 Å². The highest BCUT2D eigenvalue weighted by atomic mass is 16.5. The van der Waals surface area contributed by atoms with Crippen LogP contribution in [0.15, 0.2) is 53.3 Å². The monoisotopic (exact) mass is 346 g/mol. The Kier molecular flexibility index (Phi) is 4.72. The fraction of sp³-hybridized carbons (Fsp3) is 0.150. The normalized spacial score (nSPS) is 10.2. The van der Waals surface area contributed by atoms with E-state index in [0.29, 0.717) is 17.1 Å². The van der Waals surface area contributed by atoms with Crippen LogP contribution in [0.4, 0.5) is 5.69 Å². The number of rotatable bonds is 4. The fourth-order valence-electron chi connectivity index (χ4n) is 2.74. The molecule has 0 aliphatic rings. The second kappa shape index (κ2) is 7.11. The van der Waals surface area contributed by atoms with E-state index in [9.17, 15) is 4.79 Å². The van der Waals surface area contributed by atoms with E-state index in [1.54, 1.807) is 24.3 Å². The van der Waals surface area contributed by atoms with Crippen molar-refractivity contribution in [3.8, 4) is 17.7 Å². The van der Waals surface area contributed by atoms with Crippen molar-refractivity contribution in [1.29, 1.82) is 5.26 Å². The Bertz CT molecular complexity index is 1040. The van der Waals surface area contributed by atoms with Crippen molar-refractivity contribution in [2.45, 2.75) is 20.8 Å². The second-order valence-corrected chi connectivity index (χ2v) is 6.06. The maximum Gasteiger partial charge on any atom is 0.286 e. The molecule has 0 fully saturated rings. The number of anilines is 1. The van der Waals surface area contributed by atoms with E-state index >= 15 is 0 Å². The number of nitrogens with one attached hydrogen (secondary N) is 1. The number of ether oxygens (including phenoxy) is 1. The Morgan fingerprint density at radius 3 is 2.50 bits per heavy atom. The number of hydrogen-bond donors (Lipinski definition) is 1. The molecule has 2 aromatic carbocycles. The molecule has 6 heteroatoms. The Morgan fingerprint density at radius 2 is 1.81 bits per heavy atom. The van der Waals surface area contributed by atoms with E-state index < -0.39 is 0 Å². The summed E-state index contributed by atoms with van der Waals surface area (Å²) in [6.45, 7) is 5.97. The molecule has 0 saturated heterocycles. The molecule has 0 atom stereocenters. The summed E-state index contributed by atoms with van der Waals surface area (Å²) in [5.74, 6) is 1.02. The molecule has 0 aliphatic heterocycles. The van der Waals surface area contributed by atoms with Crippen molar-refractivity contribution in [1.82, 2.24) is 9.89 Å². The summed E-state index contributed by atoms with van der Waals surface area (Å²) in [5, 5.41) is 13.2. The molecule has 0 radical (unpaired) electrons. The first-order valence-corrected chi connectivity index (χ1v) is 8.09. The molecule has 130 valence electrons. The second-order valence-electron chi connectivity index (χ2n) is 6.06. The number of hydrogen-bond acceptors (Lipinski definition) is 5. The summed E-state index contributed by atoms with van der Waals surface area (Å²) >= 11 is 0. The van der Waals surface area contributed by atoms with Crippen LogP contribution < -0.4 is 15.7 Å². The molecule has 6 nitrogen and oxygen atoms in total. The van der Waals surface area contributed by atoms with Gasteiger partial charge in [-0.15, -0.1) is 9.89 Å². The quantitative estimate of drug-likeness (QED) is 0.779. The highest BCUT2D eigenvalue weighted by molar-refractivity contribution is 5.49. The highest BCUT2D eigenvalue weighted by Crippen LogP contribution is 2.28. The van der Waals surface area contributed by atoms with Gasteiger partial charge < -0.3 is 4.74 Å². The maximum absolute atomic E-state index is 12.1. The summed E-state index contributed by atoms with van der Waals surface area (Å²) in [6.07, 6.45) is 0. The van der Waals surface area contributed by atoms with Crippen LogP contribution >= 0.6 is 0 Å². The third kappa shape index (κ3) is 3.73. The molecule has 0 unspecified atom stereocenters. The van der Waals surface area contributed by atoms with Gasteiger partial charge in [-0.1, -0.05) is 23.8 Å². The Morgan fingerprint density at radius 1 is 1.08 bits per heavy atom. The average Bonchev–Trinajstić information content (AvgIpc) is 2.61. The van der Waals surface area contributed by atoms with Gasteiger partial charge in [0.1, 0.15) is 5.75 Å². The zero-order valence-corrected chi connectivity index (χ0v) is 14.8. The molecule has 26 heavy (non-hydrogen) atoms. The minimum atomic E-state index is -0.336. The van der Waals surface area contributed by atoms with E-state index in [4.69, 9.17) is 10.00 Å². The van der Waals surface area contributed by atoms with Crippen molar-refractivity contribution in [3.63, 3.8) is 0 Å². The zero-order chi connectivity index (χ0) is 18.7. The predicted molar refractivity (Wildman–Crippen MR) is 99.4 cm³/mol. The minimum Gasteiger partial charge on any atom is -0.437 e. The predicted octanol–water partition coefficient (Wildman–Crippen LogP) is 3.71. The molecule has 1 N–H and O–H groups in total. The van der Waals surface area contributed by atoms with Gasteiger partial charge in [0.2, 0.25) is 5.88 Å². The standard InChI is InChI=1S/C20H18N4O2/c1-13-9-14(2)20(15(3)10-13)26-18-7-8-19(25)24(23-18)22-17-6-4-5-16(11-17)12-21/h4-11,22H,1-3H3. The zero-order valence-electron chi connectivity index (χ0n) is 14.8. The van der Waals surface area contributed by atoms with E-state index in [2.05, 4.69) is 16.6 Å². The van der Waals surface area contributed by atoms with E-state index in [1.807, 2.05) is 32.9 Å². The minimum absolute atomic E-state index is 0.295. The van der Waals surface area contributed by atoms with Gasteiger partial charge in [0.05, 0.1) is 17.3 Å². The first-order chi connectivity index (χ1) is 12.5. The van der Waals surface area contributed by atoms with Gasteiger partial charge in [0, 0.05) is 12.1 Å². The summed E-state index contributed by atoms with van der Waals surface area (Å²) in [4.78, 5) is 13.2. The van der Waals surface area contributed by atoms with Crippen LogP contribution in [0.5, 0.6) is 11.6 Å². The fourth-order valence-corrected chi connectivity index (χ4v) is 2.74. The SMILES string of the molecule is Cc1cc(C)c(Oc2ccc(=O)n(Nc3cccc(C#N)c3)n2)c(C)c1. The van der Waals surface area contributed by atoms with Crippen molar-refractivity contribution >= 4 is 5.69 Å². The van der Waals surface area contributed by atoms with Crippen LogP contribution in [0.3, 0.4) is 0 Å². The molecule has 0 amide bonds. The molecule has 1 aromatic heterocycles. The van der Waals surface area contributed by atoms with Crippen molar-refractivity contribution < 1.29 is 4.74 Å². The molecular weight excluding hydrogens is 328 g/mol. The van der Waals surface area contributed by atoms with Crippen LogP contribution in [0, 0.1) is 32.1 Å². The lowest BCUT2D eigenvalue weighted by molar-refractivity contribution is 0.437. The van der Waals surface area contributed by atoms with E-state index in [0.717, 1.165) is 27.2 Å². The molecule has 0 saturated carbocycles. The summed E-state index contributed by atoms with van der Waals surface area (Å²) in [6, 6.07) is 15.8. The maximum atomic E-state index is 12.1. The Labute approximate surface area is 151 Å². The van der Waals surface area contributed by atoms with Crippen LogP contribution in [0.1, 0.15) is 22.3 Å². The lowest BCUT2D eigenvalue weighted by Gasteiger charge is -2.13. The van der Waals surface area contributed by atoms with Crippen LogP contribution in [0.2, 0.25) is 0 Å². The van der Waals surface area contributed by atoms with Crippen molar-refractivity contribution in [3.05, 3.63) is 81.1 Å². The topological polar surface area (TPSA) is 79.9 Å². The molecule has 3 aromatic rings. The summed E-state index contributed by atoms with van der Waals surface area (Å²) < 4.78 is 5.91. The van der Waals surface area contributed by atoms with Crippen LogP contribution in [-0.2, 0) is 0 Å². The lowest BCUT2D eigenvalue weighted by Crippen LogP contribution is -2.28. The van der Waals surface area contributed by atoms with Gasteiger partial charge in [-0.3, -0.25) is 10.2 Å². The lowest BCUT2D eigenvalue weighted by atomic mass is 10.1. The number of nitriles is 1. The smallest absolute Gasteiger partial charge is 0.286 e.